The van der Waals surface area contributed by atoms with Crippen LogP contribution in [0.15, 0.2) is 48.7 Å². The number of pyridine rings is 1. The molecule has 0 spiro atoms. The van der Waals surface area contributed by atoms with E-state index < -0.39 is 5.91 Å². The highest BCUT2D eigenvalue weighted by atomic mass is 35.5. The number of methoxy groups -OCH3 is 1. The summed E-state index contributed by atoms with van der Waals surface area (Å²) < 4.78 is 7.50. The van der Waals surface area contributed by atoms with E-state index in [0.717, 1.165) is 23.2 Å². The number of fused-ring (bicyclic) bond motifs is 1. The lowest BCUT2D eigenvalue weighted by atomic mass is 10.0. The number of carbonyl (C=O) groups excluding carboxylic acids is 4. The van der Waals surface area contributed by atoms with Crippen molar-refractivity contribution in [3.8, 4) is 28.1 Å². The minimum absolute atomic E-state index is 0.00163. The number of imidazole rings is 1. The van der Waals surface area contributed by atoms with Crippen LogP contribution in [0.1, 0.15) is 47.3 Å². The van der Waals surface area contributed by atoms with E-state index in [2.05, 4.69) is 30.8 Å². The van der Waals surface area contributed by atoms with Crippen LogP contribution in [0.25, 0.3) is 22.4 Å². The number of nitrogens with one attached hydrogen (secondary N) is 3. The number of rotatable bonds is 11. The smallest absolute Gasteiger partial charge is 0.291 e. The van der Waals surface area contributed by atoms with Crippen molar-refractivity contribution in [2.24, 2.45) is 7.05 Å². The summed E-state index contributed by atoms with van der Waals surface area (Å²) in [5, 5.41) is 10.00. The number of anilines is 1. The molecule has 56 heavy (non-hydrogen) atoms. The van der Waals surface area contributed by atoms with E-state index in [9.17, 15) is 19.2 Å². The number of amides is 4. The van der Waals surface area contributed by atoms with Gasteiger partial charge in [-0.15, -0.1) is 0 Å². The van der Waals surface area contributed by atoms with Crippen LogP contribution in [0.4, 0.5) is 5.69 Å². The van der Waals surface area contributed by atoms with Gasteiger partial charge < -0.3 is 35.1 Å². The highest BCUT2D eigenvalue weighted by molar-refractivity contribution is 6.39. The molecule has 2 fully saturated rings. The number of carbonyl (C=O) groups is 4. The van der Waals surface area contributed by atoms with Gasteiger partial charge in [0.2, 0.25) is 17.7 Å². The Morgan fingerprint density at radius 3 is 2.50 bits per heavy atom. The van der Waals surface area contributed by atoms with E-state index in [1.165, 1.54) is 0 Å². The van der Waals surface area contributed by atoms with E-state index in [0.29, 0.717) is 109 Å². The molecule has 3 aliphatic heterocycles. The maximum atomic E-state index is 13.7. The average molecular weight is 803 g/mol. The number of hydrogen-bond donors (Lipinski definition) is 3. The molecule has 2 saturated heterocycles. The minimum Gasteiger partial charge on any atom is -0.496 e. The maximum absolute atomic E-state index is 13.7. The van der Waals surface area contributed by atoms with Gasteiger partial charge in [-0.3, -0.25) is 29.1 Å². The molecule has 0 aliphatic carbocycles. The maximum Gasteiger partial charge on any atom is 0.291 e. The summed E-state index contributed by atoms with van der Waals surface area (Å²) in [7, 11) is 3.42. The Morgan fingerprint density at radius 2 is 1.77 bits per heavy atom. The first-order valence-corrected chi connectivity index (χ1v) is 19.5. The zero-order valence-corrected chi connectivity index (χ0v) is 33.2. The zero-order valence-electron chi connectivity index (χ0n) is 31.7. The number of nitrogens with zero attached hydrogens (tertiary/aromatic N) is 6. The van der Waals surface area contributed by atoms with E-state index in [-0.39, 0.29) is 36.1 Å². The molecule has 7 rings (SSSR count). The monoisotopic (exact) mass is 801 g/mol. The van der Waals surface area contributed by atoms with Gasteiger partial charge in [0.1, 0.15) is 5.75 Å². The van der Waals surface area contributed by atoms with Gasteiger partial charge in [-0.1, -0.05) is 47.5 Å². The van der Waals surface area contributed by atoms with Crippen LogP contribution in [-0.2, 0) is 40.9 Å². The summed E-state index contributed by atoms with van der Waals surface area (Å²) in [5.41, 5.74) is 5.49. The Bertz CT molecular complexity index is 2170. The molecule has 0 bridgehead atoms. The van der Waals surface area contributed by atoms with E-state index in [1.807, 2.05) is 24.3 Å². The number of hydrogen-bond acceptors (Lipinski definition) is 9. The number of piperazine rings is 1. The number of aromatic nitrogens is 3. The molecule has 0 radical (unpaired) electrons. The van der Waals surface area contributed by atoms with Crippen LogP contribution in [0, 0.1) is 0 Å². The molecule has 1 atom stereocenters. The van der Waals surface area contributed by atoms with E-state index in [1.54, 1.807) is 59.8 Å². The lowest BCUT2D eigenvalue weighted by Crippen LogP contribution is -2.51. The van der Waals surface area contributed by atoms with Gasteiger partial charge in [0.05, 0.1) is 47.3 Å². The first-order chi connectivity index (χ1) is 27.0. The van der Waals surface area contributed by atoms with Crippen molar-refractivity contribution in [3.05, 3.63) is 81.5 Å². The molecule has 4 amide bonds. The lowest BCUT2D eigenvalue weighted by Gasteiger charge is -2.35. The van der Waals surface area contributed by atoms with Crippen molar-refractivity contribution in [3.63, 3.8) is 0 Å². The van der Waals surface area contributed by atoms with Crippen LogP contribution < -0.4 is 20.7 Å². The summed E-state index contributed by atoms with van der Waals surface area (Å²) in [4.78, 5) is 65.1. The van der Waals surface area contributed by atoms with Crippen LogP contribution in [-0.4, -0.2) is 112 Å². The van der Waals surface area contributed by atoms with Crippen molar-refractivity contribution >= 4 is 52.5 Å². The first kappa shape index (κ1) is 39.2. The molecule has 2 aromatic carbocycles. The van der Waals surface area contributed by atoms with Gasteiger partial charge in [-0.05, 0) is 24.6 Å². The molecular formula is C40H45Cl2N9O5. The fourth-order valence-electron chi connectivity index (χ4n) is 7.57. The van der Waals surface area contributed by atoms with Crippen molar-refractivity contribution in [2.75, 3.05) is 58.2 Å². The highest BCUT2D eigenvalue weighted by Crippen LogP contribution is 2.41. The SMILES string of the molecule is COc1cc(-c2nccc(-c3cccc(NC(=O)c4nc5c(n4C)CCN(C(=O)CN4CCN(C(C)=O)CC4)C5)c3Cl)c2Cl)ccc1CNC[C@H]1CCC(=O)N1. The van der Waals surface area contributed by atoms with Crippen LogP contribution in [0.5, 0.6) is 5.75 Å². The summed E-state index contributed by atoms with van der Waals surface area (Å²) >= 11 is 14.0. The molecule has 16 heteroatoms. The molecule has 0 saturated carbocycles. The Labute approximate surface area is 335 Å². The lowest BCUT2D eigenvalue weighted by molar-refractivity contribution is -0.135. The van der Waals surface area contributed by atoms with Gasteiger partial charge in [-0.2, -0.15) is 0 Å². The molecule has 3 N–H and O–H groups in total. The number of ether oxygens (including phenoxy) is 1. The Kier molecular flexibility index (Phi) is 11.9. The summed E-state index contributed by atoms with van der Waals surface area (Å²) in [6.45, 7) is 6.46. The van der Waals surface area contributed by atoms with Gasteiger partial charge >= 0.3 is 0 Å². The number of halogens is 2. The quantitative estimate of drug-likeness (QED) is 0.203. The first-order valence-electron chi connectivity index (χ1n) is 18.7. The van der Waals surface area contributed by atoms with Crippen molar-refractivity contribution < 1.29 is 23.9 Å². The normalized spacial score (nSPS) is 17.1. The molecule has 4 aromatic rings. The molecule has 2 aromatic heterocycles. The molecule has 294 valence electrons. The summed E-state index contributed by atoms with van der Waals surface area (Å²) in [6, 6.07) is 13.0. The van der Waals surface area contributed by atoms with Crippen molar-refractivity contribution in [2.45, 2.75) is 45.3 Å². The predicted molar refractivity (Wildman–Crippen MR) is 214 cm³/mol. The average Bonchev–Trinajstić information content (AvgIpc) is 3.77. The van der Waals surface area contributed by atoms with Crippen LogP contribution in [0.3, 0.4) is 0 Å². The fourth-order valence-corrected chi connectivity index (χ4v) is 8.17. The Balaban J connectivity index is 1.02. The number of benzene rings is 2. The Morgan fingerprint density at radius 1 is 0.982 bits per heavy atom. The molecular weight excluding hydrogens is 757 g/mol. The fraction of sp³-hybridized carbons (Fsp3) is 0.400. The topological polar surface area (TPSA) is 154 Å². The van der Waals surface area contributed by atoms with E-state index >= 15 is 0 Å². The van der Waals surface area contributed by atoms with Crippen LogP contribution >= 0.6 is 23.2 Å². The van der Waals surface area contributed by atoms with Crippen LogP contribution in [0.2, 0.25) is 10.0 Å². The van der Waals surface area contributed by atoms with Crippen molar-refractivity contribution in [1.29, 1.82) is 0 Å². The second-order valence-electron chi connectivity index (χ2n) is 14.3. The third-order valence-corrected chi connectivity index (χ3v) is 11.6. The Hall–Kier alpha value is -5.02. The second kappa shape index (κ2) is 17.0. The summed E-state index contributed by atoms with van der Waals surface area (Å²) in [6.07, 6.45) is 3.62. The zero-order chi connectivity index (χ0) is 39.5. The van der Waals surface area contributed by atoms with Gasteiger partial charge in [0.15, 0.2) is 5.82 Å². The van der Waals surface area contributed by atoms with Gasteiger partial charge in [-0.25, -0.2) is 4.98 Å². The second-order valence-corrected chi connectivity index (χ2v) is 15.1. The molecule has 14 nitrogen and oxygen atoms in total. The third kappa shape index (κ3) is 8.38. The van der Waals surface area contributed by atoms with Crippen molar-refractivity contribution in [1.82, 2.24) is 39.9 Å². The minimum atomic E-state index is -0.432. The van der Waals surface area contributed by atoms with Gasteiger partial charge in [0, 0.05) is 113 Å². The molecule has 5 heterocycles. The molecule has 0 unspecified atom stereocenters. The molecule has 3 aliphatic rings. The summed E-state index contributed by atoms with van der Waals surface area (Å²) in [5.74, 6) is 0.598. The predicted octanol–water partition coefficient (Wildman–Crippen LogP) is 4.13. The van der Waals surface area contributed by atoms with Gasteiger partial charge in [0.25, 0.3) is 5.91 Å². The third-order valence-electron chi connectivity index (χ3n) is 10.8. The highest BCUT2D eigenvalue weighted by Gasteiger charge is 2.30. The standard InChI is InChI=1S/C40H45Cl2N9O5/c1-24(52)50-17-15-49(16-18-50)23-35(54)51-14-12-32-31(22-51)46-39(48(32)2)40(55)47-30-6-4-5-28(36(30)41)29-11-13-44-38(37(29)42)25-7-8-26(33(19-25)56-3)20-43-21-27-9-10-34(53)45-27/h4-8,11,13,19,27,43H,9-10,12,14-18,20-23H2,1-3H3,(H,45,53)(H,47,55)/t27-/m1/s1. The largest absolute Gasteiger partial charge is 0.496 e. The van der Waals surface area contributed by atoms with E-state index in [4.69, 9.17) is 27.9 Å².